The molecule has 156 valence electrons. The molecular weight excluding hydrogens is 392 g/mol. The maximum Gasteiger partial charge on any atom is 0.342 e. The fourth-order valence-corrected chi connectivity index (χ4v) is 3.14. The second-order valence-electron chi connectivity index (χ2n) is 6.59. The lowest BCUT2D eigenvalue weighted by Gasteiger charge is -2.09. The van der Waals surface area contributed by atoms with Gasteiger partial charge in [0.25, 0.3) is 5.69 Å². The average Bonchev–Trinajstić information content (AvgIpc) is 3.35. The molecule has 3 aromatic rings. The number of benzene rings is 1. The summed E-state index contributed by atoms with van der Waals surface area (Å²) in [5.74, 6) is -0.394. The van der Waals surface area contributed by atoms with Gasteiger partial charge in [0.1, 0.15) is 17.1 Å². The number of ether oxygens (including phenoxy) is 2. The number of furan rings is 1. The Morgan fingerprint density at radius 1 is 1.17 bits per heavy atom. The molecule has 9 heteroatoms. The van der Waals surface area contributed by atoms with Crippen LogP contribution >= 0.6 is 0 Å². The molecule has 0 bridgehead atoms. The van der Waals surface area contributed by atoms with Crippen molar-refractivity contribution in [2.45, 2.75) is 20.4 Å². The number of methoxy groups -OCH3 is 1. The Balaban J connectivity index is 1.74. The summed E-state index contributed by atoms with van der Waals surface area (Å²) in [6.07, 6.45) is 1.58. The molecule has 30 heavy (non-hydrogen) atoms. The number of nitro groups is 1. The lowest BCUT2D eigenvalue weighted by Crippen LogP contribution is -2.16. The summed E-state index contributed by atoms with van der Waals surface area (Å²) in [4.78, 5) is 35.4. The summed E-state index contributed by atoms with van der Waals surface area (Å²) in [6.45, 7) is 3.64. The second kappa shape index (κ2) is 8.64. The molecule has 3 rings (SSSR count). The van der Waals surface area contributed by atoms with E-state index in [0.717, 1.165) is 23.2 Å². The fourth-order valence-electron chi connectivity index (χ4n) is 3.14. The maximum atomic E-state index is 12.6. The highest BCUT2D eigenvalue weighted by Crippen LogP contribution is 2.25. The molecular formula is C21H20N2O7. The van der Waals surface area contributed by atoms with Gasteiger partial charge in [0, 0.05) is 29.1 Å². The summed E-state index contributed by atoms with van der Waals surface area (Å²) >= 11 is 0. The van der Waals surface area contributed by atoms with Gasteiger partial charge in [-0.1, -0.05) is 0 Å². The van der Waals surface area contributed by atoms with Gasteiger partial charge < -0.3 is 18.5 Å². The number of nitro benzene ring substituents is 1. The Hall–Kier alpha value is -3.88. The third-order valence-electron chi connectivity index (χ3n) is 4.72. The van der Waals surface area contributed by atoms with Gasteiger partial charge in [-0.2, -0.15) is 0 Å². The van der Waals surface area contributed by atoms with Crippen LogP contribution in [-0.2, 0) is 11.3 Å². The quantitative estimate of drug-likeness (QED) is 0.240. The lowest BCUT2D eigenvalue weighted by molar-refractivity contribution is -0.384. The zero-order valence-corrected chi connectivity index (χ0v) is 16.7. The van der Waals surface area contributed by atoms with Crippen molar-refractivity contribution in [2.24, 2.45) is 0 Å². The van der Waals surface area contributed by atoms with Crippen molar-refractivity contribution in [3.63, 3.8) is 0 Å². The lowest BCUT2D eigenvalue weighted by atomic mass is 10.1. The predicted molar refractivity (Wildman–Crippen MR) is 106 cm³/mol. The molecule has 0 amide bonds. The van der Waals surface area contributed by atoms with Gasteiger partial charge in [0.15, 0.2) is 6.61 Å². The molecule has 0 aliphatic rings. The third kappa shape index (κ3) is 4.24. The SMILES string of the molecule is COc1ccc([N+](=O)[O-])cc1C(=O)OCC(=O)c1cc(C)n(Cc2ccco2)c1C. The Morgan fingerprint density at radius 3 is 2.57 bits per heavy atom. The van der Waals surface area contributed by atoms with E-state index in [1.165, 1.54) is 19.2 Å². The molecule has 0 saturated carbocycles. The van der Waals surface area contributed by atoms with Crippen LogP contribution in [0, 0.1) is 24.0 Å². The van der Waals surface area contributed by atoms with Crippen LogP contribution in [-0.4, -0.2) is 35.0 Å². The van der Waals surface area contributed by atoms with Crippen LogP contribution in [0.1, 0.15) is 37.9 Å². The number of hydrogen-bond donors (Lipinski definition) is 0. The monoisotopic (exact) mass is 412 g/mol. The molecule has 0 aliphatic carbocycles. The molecule has 0 aliphatic heterocycles. The molecule has 0 radical (unpaired) electrons. The maximum absolute atomic E-state index is 12.6. The van der Waals surface area contributed by atoms with Crippen LogP contribution in [0.25, 0.3) is 0 Å². The number of carbonyl (C=O) groups excluding carboxylic acids is 2. The first kappa shape index (κ1) is 20.8. The van der Waals surface area contributed by atoms with Crippen molar-refractivity contribution in [3.8, 4) is 5.75 Å². The average molecular weight is 412 g/mol. The van der Waals surface area contributed by atoms with Crippen molar-refractivity contribution < 1.29 is 28.4 Å². The van der Waals surface area contributed by atoms with Crippen molar-refractivity contribution in [1.29, 1.82) is 0 Å². The van der Waals surface area contributed by atoms with E-state index in [4.69, 9.17) is 13.9 Å². The minimum atomic E-state index is -0.881. The number of carbonyl (C=O) groups is 2. The van der Waals surface area contributed by atoms with Gasteiger partial charge in [-0.05, 0) is 38.1 Å². The van der Waals surface area contributed by atoms with Crippen LogP contribution in [0.4, 0.5) is 5.69 Å². The van der Waals surface area contributed by atoms with E-state index in [1.807, 2.05) is 17.6 Å². The van der Waals surface area contributed by atoms with E-state index >= 15 is 0 Å². The number of hydrogen-bond acceptors (Lipinski definition) is 7. The van der Waals surface area contributed by atoms with Gasteiger partial charge in [-0.3, -0.25) is 14.9 Å². The van der Waals surface area contributed by atoms with Crippen LogP contribution in [0.3, 0.4) is 0 Å². The minimum absolute atomic E-state index is 0.120. The van der Waals surface area contributed by atoms with Crippen LogP contribution < -0.4 is 4.74 Å². The first-order chi connectivity index (χ1) is 14.3. The predicted octanol–water partition coefficient (Wildman–Crippen LogP) is 3.70. The zero-order valence-electron chi connectivity index (χ0n) is 16.7. The van der Waals surface area contributed by atoms with E-state index in [-0.39, 0.29) is 22.8 Å². The third-order valence-corrected chi connectivity index (χ3v) is 4.72. The van der Waals surface area contributed by atoms with Crippen molar-refractivity contribution in [1.82, 2.24) is 4.57 Å². The number of aromatic nitrogens is 1. The molecule has 2 aromatic heterocycles. The highest BCUT2D eigenvalue weighted by atomic mass is 16.6. The standard InChI is InChI=1S/C21H20N2O7/c1-13-9-17(14(2)22(13)11-16-5-4-8-29-16)19(24)12-30-21(25)18-10-15(23(26)27)6-7-20(18)28-3/h4-10H,11-12H2,1-3H3. The minimum Gasteiger partial charge on any atom is -0.496 e. The highest BCUT2D eigenvalue weighted by molar-refractivity contribution is 6.01. The number of esters is 1. The Kier molecular flexibility index (Phi) is 6.01. The summed E-state index contributed by atoms with van der Waals surface area (Å²) in [6, 6.07) is 8.93. The summed E-state index contributed by atoms with van der Waals surface area (Å²) in [7, 11) is 1.33. The first-order valence-electron chi connectivity index (χ1n) is 9.03. The van der Waals surface area contributed by atoms with E-state index in [1.54, 1.807) is 25.3 Å². The van der Waals surface area contributed by atoms with E-state index < -0.39 is 17.5 Å². The number of Topliss-reactive ketones (excluding diaryl/α,β-unsaturated/α-hetero) is 1. The molecule has 0 saturated heterocycles. The number of aryl methyl sites for hydroxylation is 1. The smallest absolute Gasteiger partial charge is 0.342 e. The highest BCUT2D eigenvalue weighted by Gasteiger charge is 2.22. The van der Waals surface area contributed by atoms with Crippen LogP contribution in [0.15, 0.2) is 47.1 Å². The van der Waals surface area contributed by atoms with Gasteiger partial charge in [-0.15, -0.1) is 0 Å². The van der Waals surface area contributed by atoms with Crippen LogP contribution in [0.5, 0.6) is 5.75 Å². The van der Waals surface area contributed by atoms with Crippen molar-refractivity contribution in [3.05, 3.63) is 81.1 Å². The Labute approximate surface area is 172 Å². The number of nitrogens with zero attached hydrogens (tertiary/aromatic N) is 2. The molecule has 0 atom stereocenters. The number of ketones is 1. The normalized spacial score (nSPS) is 10.6. The summed E-state index contributed by atoms with van der Waals surface area (Å²) in [5.41, 5.74) is 1.60. The van der Waals surface area contributed by atoms with Crippen LogP contribution in [0.2, 0.25) is 0 Å². The molecule has 9 nitrogen and oxygen atoms in total. The van der Waals surface area contributed by atoms with Crippen molar-refractivity contribution >= 4 is 17.4 Å². The second-order valence-corrected chi connectivity index (χ2v) is 6.59. The van der Waals surface area contributed by atoms with Gasteiger partial charge in [0.2, 0.25) is 5.78 Å². The van der Waals surface area contributed by atoms with Crippen molar-refractivity contribution in [2.75, 3.05) is 13.7 Å². The molecule has 0 N–H and O–H groups in total. The summed E-state index contributed by atoms with van der Waals surface area (Å²) < 4.78 is 17.5. The molecule has 0 fully saturated rings. The van der Waals surface area contributed by atoms with E-state index in [2.05, 4.69) is 0 Å². The molecule has 0 unspecified atom stereocenters. The van der Waals surface area contributed by atoms with Gasteiger partial charge in [-0.25, -0.2) is 4.79 Å². The van der Waals surface area contributed by atoms with Gasteiger partial charge in [0.05, 0.1) is 24.8 Å². The van der Waals surface area contributed by atoms with Gasteiger partial charge >= 0.3 is 5.97 Å². The largest absolute Gasteiger partial charge is 0.496 e. The Morgan fingerprint density at radius 2 is 1.93 bits per heavy atom. The van der Waals surface area contributed by atoms with E-state index in [9.17, 15) is 19.7 Å². The summed E-state index contributed by atoms with van der Waals surface area (Å²) in [5, 5.41) is 11.0. The molecule has 2 heterocycles. The van der Waals surface area contributed by atoms with E-state index in [0.29, 0.717) is 12.1 Å². The fraction of sp³-hybridized carbons (Fsp3) is 0.238. The topological polar surface area (TPSA) is 114 Å². The first-order valence-corrected chi connectivity index (χ1v) is 9.03. The molecule has 0 spiro atoms. The zero-order chi connectivity index (χ0) is 21.8. The Bertz CT molecular complexity index is 1100. The number of rotatable bonds is 8. The number of non-ortho nitro benzene ring substituents is 1. The molecule has 1 aromatic carbocycles.